The number of carbonyl (C=O) groups is 1. The van der Waals surface area contributed by atoms with E-state index in [-0.39, 0.29) is 22.9 Å². The van der Waals surface area contributed by atoms with Crippen molar-refractivity contribution in [2.45, 2.75) is 18.1 Å². The molecule has 0 saturated heterocycles. The molecule has 1 atom stereocenters. The van der Waals surface area contributed by atoms with Gasteiger partial charge in [0.2, 0.25) is 5.91 Å². The van der Waals surface area contributed by atoms with Crippen molar-refractivity contribution >= 4 is 35.0 Å². The SMILES string of the molecule is C[C@H](c1nnc(SCC(=O)Nc2cccnc2Cl)n1-c1ccccc1)N(C)C. The summed E-state index contributed by atoms with van der Waals surface area (Å²) in [6.45, 7) is 2.06. The molecule has 0 unspecified atom stereocenters. The first kappa shape index (κ1) is 20.3. The Hall–Kier alpha value is -2.42. The number of nitrogens with zero attached hydrogens (tertiary/aromatic N) is 5. The van der Waals surface area contributed by atoms with E-state index in [4.69, 9.17) is 11.6 Å². The number of aromatic nitrogens is 4. The molecule has 0 fully saturated rings. The number of carbonyl (C=O) groups excluding carboxylic acids is 1. The molecule has 2 heterocycles. The van der Waals surface area contributed by atoms with Crippen molar-refractivity contribution in [1.82, 2.24) is 24.6 Å². The number of nitrogens with one attached hydrogen (secondary N) is 1. The number of rotatable bonds is 7. The zero-order valence-electron chi connectivity index (χ0n) is 15.8. The van der Waals surface area contributed by atoms with Gasteiger partial charge in [-0.25, -0.2) is 4.98 Å². The van der Waals surface area contributed by atoms with Gasteiger partial charge in [0, 0.05) is 11.9 Å². The van der Waals surface area contributed by atoms with Gasteiger partial charge in [-0.05, 0) is 45.3 Å². The third-order valence-electron chi connectivity index (χ3n) is 4.19. The molecule has 2 aromatic heterocycles. The lowest BCUT2D eigenvalue weighted by atomic mass is 10.2. The van der Waals surface area contributed by atoms with Gasteiger partial charge in [0.25, 0.3) is 0 Å². The lowest BCUT2D eigenvalue weighted by Crippen LogP contribution is -2.21. The topological polar surface area (TPSA) is 75.9 Å². The minimum absolute atomic E-state index is 0.0603. The number of amides is 1. The van der Waals surface area contributed by atoms with Gasteiger partial charge in [-0.15, -0.1) is 10.2 Å². The number of thioether (sulfide) groups is 1. The molecule has 7 nitrogen and oxygen atoms in total. The van der Waals surface area contributed by atoms with Crippen LogP contribution < -0.4 is 5.32 Å². The molecule has 0 aliphatic heterocycles. The number of para-hydroxylation sites is 1. The second-order valence-electron chi connectivity index (χ2n) is 6.33. The largest absolute Gasteiger partial charge is 0.323 e. The third kappa shape index (κ3) is 4.70. The van der Waals surface area contributed by atoms with Gasteiger partial charge >= 0.3 is 0 Å². The van der Waals surface area contributed by atoms with Crippen molar-refractivity contribution < 1.29 is 4.79 Å². The van der Waals surface area contributed by atoms with Crippen LogP contribution in [0.25, 0.3) is 5.69 Å². The Morgan fingerprint density at radius 1 is 1.21 bits per heavy atom. The fraction of sp³-hybridized carbons (Fsp3) is 0.263. The molecule has 0 aliphatic rings. The highest BCUT2D eigenvalue weighted by Gasteiger charge is 2.21. The minimum atomic E-state index is -0.190. The standard InChI is InChI=1S/C19H21ClN6OS/c1-13(25(2)3)18-23-24-19(26(18)14-8-5-4-6-9-14)28-12-16(27)22-15-10-7-11-21-17(15)20/h4-11,13H,12H2,1-3H3,(H,22,27)/t13-/m1/s1. The van der Waals surface area contributed by atoms with Gasteiger partial charge in [-0.3, -0.25) is 14.3 Å². The third-order valence-corrected chi connectivity index (χ3v) is 5.42. The summed E-state index contributed by atoms with van der Waals surface area (Å²) in [4.78, 5) is 18.4. The lowest BCUT2D eigenvalue weighted by molar-refractivity contribution is -0.113. The fourth-order valence-corrected chi connectivity index (χ4v) is 3.42. The number of anilines is 1. The van der Waals surface area contributed by atoms with Gasteiger partial charge < -0.3 is 5.32 Å². The molecule has 1 amide bonds. The first-order chi connectivity index (χ1) is 13.5. The van der Waals surface area contributed by atoms with Crippen molar-refractivity contribution in [3.05, 3.63) is 59.6 Å². The number of benzene rings is 1. The predicted octanol–water partition coefficient (Wildman–Crippen LogP) is 3.67. The Balaban J connectivity index is 1.80. The first-order valence-corrected chi connectivity index (χ1v) is 10.0. The molecule has 1 N–H and O–H groups in total. The molecule has 3 aromatic rings. The van der Waals surface area contributed by atoms with E-state index in [1.54, 1.807) is 18.3 Å². The zero-order valence-corrected chi connectivity index (χ0v) is 17.4. The highest BCUT2D eigenvalue weighted by molar-refractivity contribution is 7.99. The van der Waals surface area contributed by atoms with Crippen molar-refractivity contribution in [3.63, 3.8) is 0 Å². The monoisotopic (exact) mass is 416 g/mol. The molecule has 0 aliphatic carbocycles. The number of pyridine rings is 1. The van der Waals surface area contributed by atoms with Crippen LogP contribution in [0.4, 0.5) is 5.69 Å². The van der Waals surface area contributed by atoms with Crippen LogP contribution in [0.15, 0.2) is 53.8 Å². The maximum Gasteiger partial charge on any atom is 0.234 e. The van der Waals surface area contributed by atoms with Gasteiger partial charge in [-0.2, -0.15) is 0 Å². The van der Waals surface area contributed by atoms with Crippen LogP contribution in [0.1, 0.15) is 18.8 Å². The Morgan fingerprint density at radius 3 is 2.64 bits per heavy atom. The molecule has 0 spiro atoms. The van der Waals surface area contributed by atoms with Gasteiger partial charge in [0.15, 0.2) is 16.1 Å². The van der Waals surface area contributed by atoms with E-state index in [9.17, 15) is 4.79 Å². The van der Waals surface area contributed by atoms with Gasteiger partial charge in [0.05, 0.1) is 17.5 Å². The smallest absolute Gasteiger partial charge is 0.234 e. The molecule has 0 radical (unpaired) electrons. The summed E-state index contributed by atoms with van der Waals surface area (Å²) in [5, 5.41) is 12.4. The highest BCUT2D eigenvalue weighted by Crippen LogP contribution is 2.27. The van der Waals surface area contributed by atoms with E-state index in [0.717, 1.165) is 11.5 Å². The lowest BCUT2D eigenvalue weighted by Gasteiger charge is -2.20. The van der Waals surface area contributed by atoms with E-state index in [0.29, 0.717) is 10.8 Å². The summed E-state index contributed by atoms with van der Waals surface area (Å²) >= 11 is 7.32. The zero-order chi connectivity index (χ0) is 20.1. The summed E-state index contributed by atoms with van der Waals surface area (Å²) in [5.74, 6) is 0.797. The van der Waals surface area contributed by atoms with Crippen LogP contribution in [0.5, 0.6) is 0 Å². The summed E-state index contributed by atoms with van der Waals surface area (Å²) in [7, 11) is 3.99. The number of hydrogen-bond acceptors (Lipinski definition) is 6. The van der Waals surface area contributed by atoms with Crippen LogP contribution in [-0.2, 0) is 4.79 Å². The molecule has 0 saturated carbocycles. The average Bonchev–Trinajstić information content (AvgIpc) is 3.12. The quantitative estimate of drug-likeness (QED) is 0.467. The molecule has 9 heteroatoms. The van der Waals surface area contributed by atoms with Crippen molar-refractivity contribution in [2.24, 2.45) is 0 Å². The first-order valence-electron chi connectivity index (χ1n) is 8.67. The summed E-state index contributed by atoms with van der Waals surface area (Å²) in [6.07, 6.45) is 1.57. The van der Waals surface area contributed by atoms with E-state index in [2.05, 4.69) is 32.3 Å². The molecule has 3 rings (SSSR count). The van der Waals surface area contributed by atoms with Crippen molar-refractivity contribution in [3.8, 4) is 5.69 Å². The normalized spacial score (nSPS) is 12.2. The minimum Gasteiger partial charge on any atom is -0.323 e. The van der Waals surface area contributed by atoms with E-state index >= 15 is 0 Å². The average molecular weight is 417 g/mol. The van der Waals surface area contributed by atoms with Crippen molar-refractivity contribution in [2.75, 3.05) is 25.2 Å². The van der Waals surface area contributed by atoms with E-state index in [1.807, 2.05) is 49.0 Å². The maximum absolute atomic E-state index is 12.4. The highest BCUT2D eigenvalue weighted by atomic mass is 35.5. The van der Waals surface area contributed by atoms with E-state index in [1.165, 1.54) is 11.8 Å². The van der Waals surface area contributed by atoms with Crippen LogP contribution >= 0.6 is 23.4 Å². The summed E-state index contributed by atoms with van der Waals surface area (Å²) in [6, 6.07) is 13.4. The van der Waals surface area contributed by atoms with Gasteiger partial charge in [-0.1, -0.05) is 41.6 Å². The second kappa shape index (κ2) is 9.18. The van der Waals surface area contributed by atoms with Crippen LogP contribution in [0.2, 0.25) is 5.15 Å². The molecule has 1 aromatic carbocycles. The Bertz CT molecular complexity index is 947. The Morgan fingerprint density at radius 2 is 1.96 bits per heavy atom. The number of hydrogen-bond donors (Lipinski definition) is 1. The van der Waals surface area contributed by atoms with Crippen LogP contribution in [0, 0.1) is 0 Å². The second-order valence-corrected chi connectivity index (χ2v) is 7.63. The van der Waals surface area contributed by atoms with Crippen LogP contribution in [-0.4, -0.2) is 50.4 Å². The maximum atomic E-state index is 12.4. The molecule has 0 bridgehead atoms. The Kier molecular flexibility index (Phi) is 6.66. The van der Waals surface area contributed by atoms with Crippen molar-refractivity contribution in [1.29, 1.82) is 0 Å². The molecular formula is C19H21ClN6OS. The fourth-order valence-electron chi connectivity index (χ4n) is 2.49. The summed E-state index contributed by atoms with van der Waals surface area (Å²) in [5.41, 5.74) is 1.44. The number of halogens is 1. The summed E-state index contributed by atoms with van der Waals surface area (Å²) < 4.78 is 1.99. The Labute approximate surface area is 173 Å². The van der Waals surface area contributed by atoms with Crippen LogP contribution in [0.3, 0.4) is 0 Å². The van der Waals surface area contributed by atoms with Gasteiger partial charge in [0.1, 0.15) is 0 Å². The molecule has 28 heavy (non-hydrogen) atoms. The van der Waals surface area contributed by atoms with E-state index < -0.39 is 0 Å². The molecule has 146 valence electrons. The molecular weight excluding hydrogens is 396 g/mol. The predicted molar refractivity (Wildman–Crippen MR) is 112 cm³/mol.